The predicted octanol–water partition coefficient (Wildman–Crippen LogP) is 1.27. The molecule has 8 heteroatoms. The molecule has 1 heterocycles. The molecule has 1 aliphatic heterocycles. The number of nitrogens with two attached hydrogens (primary N) is 1. The van der Waals surface area contributed by atoms with E-state index < -0.39 is 16.4 Å². The fourth-order valence-corrected chi connectivity index (χ4v) is 3.07. The van der Waals surface area contributed by atoms with Gasteiger partial charge in [-0.05, 0) is 6.42 Å². The van der Waals surface area contributed by atoms with Crippen LogP contribution in [0.1, 0.15) is 6.42 Å². The highest BCUT2D eigenvalue weighted by atomic mass is 19.1. The number of halogens is 1. The Morgan fingerprint density at radius 1 is 1.57 bits per heavy atom. The van der Waals surface area contributed by atoms with Gasteiger partial charge in [-0.2, -0.15) is 0 Å². The predicted molar refractivity (Wildman–Crippen MR) is 72.8 cm³/mol. The molecule has 21 heavy (non-hydrogen) atoms. The van der Waals surface area contributed by atoms with E-state index in [2.05, 4.69) is 5.32 Å². The van der Waals surface area contributed by atoms with E-state index >= 15 is 0 Å². The van der Waals surface area contributed by atoms with Crippen LogP contribution in [0.2, 0.25) is 0 Å². The highest BCUT2D eigenvalue weighted by Crippen LogP contribution is 2.40. The molecule has 1 aromatic rings. The normalized spacial score (nSPS) is 30.4. The summed E-state index contributed by atoms with van der Waals surface area (Å²) in [6.07, 6.45) is 0.886. The summed E-state index contributed by atoms with van der Waals surface area (Å²) >= 11 is 0. The number of hydrogen-bond donors (Lipinski definition) is 2. The summed E-state index contributed by atoms with van der Waals surface area (Å²) in [6.45, 7) is 0.660. The zero-order valence-electron chi connectivity index (χ0n) is 11.4. The summed E-state index contributed by atoms with van der Waals surface area (Å²) in [5.74, 6) is -0.415. The summed E-state index contributed by atoms with van der Waals surface area (Å²) in [7, 11) is 1.30. The highest BCUT2D eigenvalue weighted by Gasteiger charge is 2.52. The first kappa shape index (κ1) is 14.0. The van der Waals surface area contributed by atoms with Crippen LogP contribution in [-0.2, 0) is 4.74 Å². The Kier molecular flexibility index (Phi) is 3.42. The van der Waals surface area contributed by atoms with Gasteiger partial charge in [0.1, 0.15) is 0 Å². The Hall–Kier alpha value is -1.93. The maximum absolute atomic E-state index is 14.0. The van der Waals surface area contributed by atoms with Crippen LogP contribution < -0.4 is 15.8 Å². The second kappa shape index (κ2) is 5.12. The van der Waals surface area contributed by atoms with Gasteiger partial charge in [-0.3, -0.25) is 10.1 Å². The molecule has 2 aliphatic rings. The van der Waals surface area contributed by atoms with E-state index in [4.69, 9.17) is 15.2 Å². The van der Waals surface area contributed by atoms with E-state index in [1.54, 1.807) is 0 Å². The molecule has 1 aliphatic carbocycles. The monoisotopic (exact) mass is 297 g/mol. The van der Waals surface area contributed by atoms with E-state index in [0.717, 1.165) is 12.5 Å². The third-order valence-corrected chi connectivity index (χ3v) is 4.23. The van der Waals surface area contributed by atoms with Crippen molar-refractivity contribution in [2.24, 2.45) is 11.7 Å². The molecule has 3 N–H and O–H groups in total. The van der Waals surface area contributed by atoms with E-state index in [1.165, 1.54) is 13.2 Å². The minimum Gasteiger partial charge on any atom is -0.490 e. The first-order valence-corrected chi connectivity index (χ1v) is 6.68. The van der Waals surface area contributed by atoms with E-state index in [1.807, 2.05) is 0 Å². The number of fused-ring (bicyclic) bond motifs is 1. The molecule has 0 radical (unpaired) electrons. The van der Waals surface area contributed by atoms with Crippen molar-refractivity contribution in [1.82, 2.24) is 0 Å². The Labute approximate surface area is 120 Å². The third-order valence-electron chi connectivity index (χ3n) is 4.23. The van der Waals surface area contributed by atoms with Crippen molar-refractivity contribution in [3.63, 3.8) is 0 Å². The van der Waals surface area contributed by atoms with Crippen LogP contribution >= 0.6 is 0 Å². The Balaban J connectivity index is 1.84. The van der Waals surface area contributed by atoms with Gasteiger partial charge in [-0.15, -0.1) is 0 Å². The smallest absolute Gasteiger partial charge is 0.313 e. The molecular weight excluding hydrogens is 281 g/mol. The van der Waals surface area contributed by atoms with Gasteiger partial charge in [0.2, 0.25) is 0 Å². The largest absolute Gasteiger partial charge is 0.490 e. The number of nitro groups is 1. The molecule has 4 atom stereocenters. The molecule has 0 amide bonds. The van der Waals surface area contributed by atoms with Gasteiger partial charge in [-0.1, -0.05) is 0 Å². The van der Waals surface area contributed by atoms with E-state index in [0.29, 0.717) is 12.5 Å². The van der Waals surface area contributed by atoms with Crippen LogP contribution in [0.4, 0.5) is 15.8 Å². The fraction of sp³-hybridized carbons (Fsp3) is 0.538. The molecule has 0 spiro atoms. The molecule has 2 fully saturated rings. The molecule has 1 saturated heterocycles. The summed E-state index contributed by atoms with van der Waals surface area (Å²) in [5.41, 5.74) is 5.77. The number of nitrogens with zero attached hydrogens (tertiary/aromatic N) is 1. The van der Waals surface area contributed by atoms with Crippen LogP contribution in [0.25, 0.3) is 0 Å². The Morgan fingerprint density at radius 3 is 3.00 bits per heavy atom. The molecule has 4 unspecified atom stereocenters. The maximum Gasteiger partial charge on any atom is 0.313 e. The molecule has 114 valence electrons. The lowest BCUT2D eigenvalue weighted by Crippen LogP contribution is -2.65. The van der Waals surface area contributed by atoms with Gasteiger partial charge >= 0.3 is 5.69 Å². The summed E-state index contributed by atoms with van der Waals surface area (Å²) in [5, 5.41) is 13.8. The van der Waals surface area contributed by atoms with Crippen LogP contribution in [0, 0.1) is 21.8 Å². The molecular formula is C13H16FN3O4. The molecule has 3 rings (SSSR count). The van der Waals surface area contributed by atoms with Crippen molar-refractivity contribution in [2.75, 3.05) is 19.0 Å². The average Bonchev–Trinajstić information content (AvgIpc) is 2.90. The lowest BCUT2D eigenvalue weighted by Gasteiger charge is -2.46. The van der Waals surface area contributed by atoms with Crippen molar-refractivity contribution in [1.29, 1.82) is 0 Å². The van der Waals surface area contributed by atoms with Crippen molar-refractivity contribution in [3.05, 3.63) is 28.1 Å². The molecule has 0 aromatic heterocycles. The highest BCUT2D eigenvalue weighted by molar-refractivity contribution is 5.60. The van der Waals surface area contributed by atoms with Gasteiger partial charge in [-0.25, -0.2) is 4.39 Å². The first-order chi connectivity index (χ1) is 10.0. The van der Waals surface area contributed by atoms with E-state index in [-0.39, 0.29) is 29.6 Å². The van der Waals surface area contributed by atoms with Crippen LogP contribution in [0.3, 0.4) is 0 Å². The van der Waals surface area contributed by atoms with Gasteiger partial charge in [0.15, 0.2) is 11.6 Å². The second-order valence-electron chi connectivity index (χ2n) is 5.30. The third kappa shape index (κ3) is 2.20. The van der Waals surface area contributed by atoms with Gasteiger partial charge < -0.3 is 20.5 Å². The zero-order chi connectivity index (χ0) is 15.1. The summed E-state index contributed by atoms with van der Waals surface area (Å²) < 4.78 is 24.5. The number of hydrogen-bond acceptors (Lipinski definition) is 6. The summed E-state index contributed by atoms with van der Waals surface area (Å²) in [4.78, 5) is 10.2. The first-order valence-electron chi connectivity index (χ1n) is 6.68. The van der Waals surface area contributed by atoms with Crippen molar-refractivity contribution in [3.8, 4) is 5.75 Å². The number of nitrogens with one attached hydrogen (secondary N) is 1. The van der Waals surface area contributed by atoms with E-state index in [9.17, 15) is 14.5 Å². The molecule has 0 bridgehead atoms. The number of ether oxygens (including phenoxy) is 2. The van der Waals surface area contributed by atoms with Crippen molar-refractivity contribution < 1.29 is 18.8 Å². The van der Waals surface area contributed by atoms with Gasteiger partial charge in [0.25, 0.3) is 0 Å². The molecule has 1 saturated carbocycles. The summed E-state index contributed by atoms with van der Waals surface area (Å²) in [6, 6.07) is 1.82. The number of nitro benzene ring substituents is 1. The van der Waals surface area contributed by atoms with Crippen LogP contribution in [0.15, 0.2) is 12.1 Å². The van der Waals surface area contributed by atoms with Gasteiger partial charge in [0.05, 0.1) is 35.9 Å². The Bertz CT molecular complexity index is 583. The zero-order valence-corrected chi connectivity index (χ0v) is 11.4. The number of anilines is 1. The van der Waals surface area contributed by atoms with Crippen molar-refractivity contribution >= 4 is 11.4 Å². The standard InChI is InChI=1S/C13H16FN3O4/c1-20-10-5-8(7(14)4-9(10)17(18)19)16-12-11(15)6-2-3-21-13(6)12/h4-6,11-13,16H,2-3,15H2,1H3. The van der Waals surface area contributed by atoms with Gasteiger partial charge in [0, 0.05) is 24.6 Å². The minimum atomic E-state index is -0.712. The fourth-order valence-electron chi connectivity index (χ4n) is 3.07. The minimum absolute atomic E-state index is 0.000634. The SMILES string of the molecule is COc1cc(NC2C(N)C3CCOC32)c(F)cc1[N+](=O)[O-]. The second-order valence-corrected chi connectivity index (χ2v) is 5.30. The topological polar surface area (TPSA) is 99.7 Å². The number of rotatable bonds is 4. The lowest BCUT2D eigenvalue weighted by atomic mass is 9.72. The number of methoxy groups -OCH3 is 1. The molecule has 1 aromatic carbocycles. The maximum atomic E-state index is 14.0. The Morgan fingerprint density at radius 2 is 2.33 bits per heavy atom. The quantitative estimate of drug-likeness (QED) is 0.641. The lowest BCUT2D eigenvalue weighted by molar-refractivity contribution is -0.385. The van der Waals surface area contributed by atoms with Crippen molar-refractivity contribution in [2.45, 2.75) is 24.6 Å². The van der Waals surface area contributed by atoms with Crippen LogP contribution in [0.5, 0.6) is 5.75 Å². The van der Waals surface area contributed by atoms with Crippen LogP contribution in [-0.4, -0.2) is 36.8 Å². The molecule has 7 nitrogen and oxygen atoms in total. The number of benzene rings is 1. The average molecular weight is 297 g/mol.